The van der Waals surface area contributed by atoms with Crippen molar-refractivity contribution in [3.8, 4) is 11.5 Å². The second-order valence-corrected chi connectivity index (χ2v) is 6.69. The number of ether oxygens (including phenoxy) is 1. The molecular weight excluding hydrogens is 300 g/mol. The van der Waals surface area contributed by atoms with Gasteiger partial charge in [0.1, 0.15) is 11.5 Å². The Kier molecular flexibility index (Phi) is 4.32. The number of halogens is 1. The standard InChI is InChI=1S/C14H13ClO4S/c1-20(17,18)12-5-3-11(4-6-12)19-14-7-2-10(9-16)8-13(14)15/h2-8,16H,9H2,1H3. The Morgan fingerprint density at radius 3 is 2.30 bits per heavy atom. The summed E-state index contributed by atoms with van der Waals surface area (Å²) < 4.78 is 28.3. The second kappa shape index (κ2) is 5.83. The minimum absolute atomic E-state index is 0.0942. The van der Waals surface area contributed by atoms with Crippen molar-refractivity contribution < 1.29 is 18.3 Å². The van der Waals surface area contributed by atoms with Crippen molar-refractivity contribution in [1.82, 2.24) is 0 Å². The third-order valence-corrected chi connectivity index (χ3v) is 4.08. The number of hydrogen-bond donors (Lipinski definition) is 1. The zero-order valence-electron chi connectivity index (χ0n) is 10.7. The van der Waals surface area contributed by atoms with Crippen molar-refractivity contribution in [2.24, 2.45) is 0 Å². The highest BCUT2D eigenvalue weighted by Crippen LogP contribution is 2.30. The summed E-state index contributed by atoms with van der Waals surface area (Å²) in [5.41, 5.74) is 0.690. The summed E-state index contributed by atoms with van der Waals surface area (Å²) in [5.74, 6) is 0.923. The SMILES string of the molecule is CS(=O)(=O)c1ccc(Oc2ccc(CO)cc2Cl)cc1. The molecule has 0 spiro atoms. The molecule has 2 aromatic carbocycles. The number of aliphatic hydroxyl groups is 1. The average Bonchev–Trinajstić information content (AvgIpc) is 2.40. The third-order valence-electron chi connectivity index (χ3n) is 2.66. The molecule has 0 atom stereocenters. The summed E-state index contributed by atoms with van der Waals surface area (Å²) in [6, 6.07) is 11.0. The maximum atomic E-state index is 11.3. The highest BCUT2D eigenvalue weighted by Gasteiger charge is 2.08. The van der Waals surface area contributed by atoms with E-state index in [0.717, 1.165) is 6.26 Å². The zero-order chi connectivity index (χ0) is 14.8. The van der Waals surface area contributed by atoms with E-state index >= 15 is 0 Å². The van der Waals surface area contributed by atoms with Gasteiger partial charge >= 0.3 is 0 Å². The van der Waals surface area contributed by atoms with E-state index in [1.807, 2.05) is 0 Å². The highest BCUT2D eigenvalue weighted by molar-refractivity contribution is 7.90. The van der Waals surface area contributed by atoms with Gasteiger partial charge in [-0.2, -0.15) is 0 Å². The molecule has 0 bridgehead atoms. The van der Waals surface area contributed by atoms with Crippen LogP contribution in [0, 0.1) is 0 Å². The molecule has 0 aliphatic carbocycles. The van der Waals surface area contributed by atoms with Crippen molar-refractivity contribution in [1.29, 1.82) is 0 Å². The van der Waals surface area contributed by atoms with Crippen molar-refractivity contribution in [2.75, 3.05) is 6.26 Å². The van der Waals surface area contributed by atoms with Crippen molar-refractivity contribution in [3.05, 3.63) is 53.1 Å². The van der Waals surface area contributed by atoms with Crippen LogP contribution in [0.4, 0.5) is 0 Å². The Labute approximate surface area is 122 Å². The molecule has 0 amide bonds. The summed E-state index contributed by atoms with van der Waals surface area (Å²) in [4.78, 5) is 0.228. The number of sulfone groups is 1. The summed E-state index contributed by atoms with van der Waals surface area (Å²) >= 11 is 6.03. The van der Waals surface area contributed by atoms with Crippen LogP contribution in [0.3, 0.4) is 0 Å². The molecule has 0 radical (unpaired) electrons. The third kappa shape index (κ3) is 3.50. The molecule has 0 saturated heterocycles. The van der Waals surface area contributed by atoms with E-state index in [1.165, 1.54) is 12.1 Å². The normalized spacial score (nSPS) is 11.3. The molecule has 0 unspecified atom stereocenters. The van der Waals surface area contributed by atoms with Crippen LogP contribution >= 0.6 is 11.6 Å². The molecule has 0 aliphatic rings. The molecule has 20 heavy (non-hydrogen) atoms. The molecule has 2 aromatic rings. The monoisotopic (exact) mass is 312 g/mol. The fraction of sp³-hybridized carbons (Fsp3) is 0.143. The van der Waals surface area contributed by atoms with E-state index in [-0.39, 0.29) is 11.5 Å². The van der Waals surface area contributed by atoms with E-state index in [0.29, 0.717) is 22.1 Å². The van der Waals surface area contributed by atoms with Gasteiger partial charge in [0.15, 0.2) is 9.84 Å². The van der Waals surface area contributed by atoms with Gasteiger partial charge in [-0.05, 0) is 42.0 Å². The molecule has 1 N–H and O–H groups in total. The smallest absolute Gasteiger partial charge is 0.175 e. The van der Waals surface area contributed by atoms with Crippen LogP contribution in [-0.2, 0) is 16.4 Å². The van der Waals surface area contributed by atoms with Crippen LogP contribution in [0.1, 0.15) is 5.56 Å². The number of hydrogen-bond acceptors (Lipinski definition) is 4. The van der Waals surface area contributed by atoms with Crippen LogP contribution in [0.15, 0.2) is 47.4 Å². The summed E-state index contributed by atoms with van der Waals surface area (Å²) in [6.45, 7) is -0.0942. The van der Waals surface area contributed by atoms with Crippen LogP contribution in [0.25, 0.3) is 0 Å². The minimum Gasteiger partial charge on any atom is -0.456 e. The van der Waals surface area contributed by atoms with E-state index in [4.69, 9.17) is 21.4 Å². The molecule has 0 saturated carbocycles. The summed E-state index contributed by atoms with van der Waals surface area (Å²) in [5, 5.41) is 9.37. The van der Waals surface area contributed by atoms with Crippen molar-refractivity contribution in [2.45, 2.75) is 11.5 Å². The molecule has 4 nitrogen and oxygen atoms in total. The Balaban J connectivity index is 2.22. The first-order valence-corrected chi connectivity index (χ1v) is 8.04. The van der Waals surface area contributed by atoms with Gasteiger partial charge < -0.3 is 9.84 Å². The fourth-order valence-electron chi connectivity index (χ4n) is 1.61. The molecule has 6 heteroatoms. The maximum absolute atomic E-state index is 11.3. The topological polar surface area (TPSA) is 63.6 Å². The predicted molar refractivity (Wildman–Crippen MR) is 77.0 cm³/mol. The summed E-state index contributed by atoms with van der Waals surface area (Å²) in [6.07, 6.45) is 1.15. The average molecular weight is 313 g/mol. The van der Waals surface area contributed by atoms with Gasteiger partial charge in [0.25, 0.3) is 0 Å². The van der Waals surface area contributed by atoms with Gasteiger partial charge in [0.05, 0.1) is 16.5 Å². The molecule has 2 rings (SSSR count). The lowest BCUT2D eigenvalue weighted by Crippen LogP contribution is -1.96. The number of rotatable bonds is 4. The molecule has 0 fully saturated rings. The van der Waals surface area contributed by atoms with Gasteiger partial charge in [0, 0.05) is 6.26 Å². The predicted octanol–water partition coefficient (Wildman–Crippen LogP) is 3.03. The quantitative estimate of drug-likeness (QED) is 0.942. The molecule has 106 valence electrons. The van der Waals surface area contributed by atoms with Crippen molar-refractivity contribution >= 4 is 21.4 Å². The molecule has 0 aliphatic heterocycles. The fourth-order valence-corrected chi connectivity index (χ4v) is 2.48. The first kappa shape index (κ1) is 14.8. The Morgan fingerprint density at radius 1 is 1.15 bits per heavy atom. The number of aliphatic hydroxyl groups excluding tert-OH is 1. The Hall–Kier alpha value is -1.56. The lowest BCUT2D eigenvalue weighted by atomic mass is 10.2. The van der Waals surface area contributed by atoms with Crippen LogP contribution in [0.2, 0.25) is 5.02 Å². The first-order valence-electron chi connectivity index (χ1n) is 5.77. The van der Waals surface area contributed by atoms with E-state index in [2.05, 4.69) is 0 Å². The summed E-state index contributed by atoms with van der Waals surface area (Å²) in [7, 11) is -3.22. The van der Waals surface area contributed by atoms with Crippen LogP contribution < -0.4 is 4.74 Å². The van der Waals surface area contributed by atoms with Gasteiger partial charge in [-0.3, -0.25) is 0 Å². The Bertz CT molecular complexity index is 708. The first-order chi connectivity index (χ1) is 9.40. The van der Waals surface area contributed by atoms with Gasteiger partial charge in [-0.25, -0.2) is 8.42 Å². The van der Waals surface area contributed by atoms with Crippen molar-refractivity contribution in [3.63, 3.8) is 0 Å². The highest BCUT2D eigenvalue weighted by atomic mass is 35.5. The Morgan fingerprint density at radius 2 is 1.80 bits per heavy atom. The largest absolute Gasteiger partial charge is 0.456 e. The lowest BCUT2D eigenvalue weighted by molar-refractivity contribution is 0.281. The lowest BCUT2D eigenvalue weighted by Gasteiger charge is -2.09. The van der Waals surface area contributed by atoms with Gasteiger partial charge in [-0.15, -0.1) is 0 Å². The molecule has 0 heterocycles. The van der Waals surface area contributed by atoms with E-state index in [9.17, 15) is 8.42 Å². The van der Waals surface area contributed by atoms with Gasteiger partial charge in [-0.1, -0.05) is 17.7 Å². The molecule has 0 aromatic heterocycles. The van der Waals surface area contributed by atoms with Crippen LogP contribution in [-0.4, -0.2) is 19.8 Å². The number of benzene rings is 2. The van der Waals surface area contributed by atoms with Gasteiger partial charge in [0.2, 0.25) is 0 Å². The maximum Gasteiger partial charge on any atom is 0.175 e. The molecular formula is C14H13ClO4S. The second-order valence-electron chi connectivity index (χ2n) is 4.27. The minimum atomic E-state index is -3.22. The van der Waals surface area contributed by atoms with Crippen LogP contribution in [0.5, 0.6) is 11.5 Å². The van der Waals surface area contributed by atoms with E-state index < -0.39 is 9.84 Å². The van der Waals surface area contributed by atoms with E-state index in [1.54, 1.807) is 30.3 Å². The zero-order valence-corrected chi connectivity index (χ0v) is 12.3.